The highest BCUT2D eigenvalue weighted by Gasteiger charge is 1.89. The first-order valence-corrected chi connectivity index (χ1v) is 6.09. The number of allylic oxidation sites excluding steroid dienone is 1. The molecule has 0 aliphatic carbocycles. The smallest absolute Gasteiger partial charge is 0.0249 e. The molecule has 0 spiro atoms. The summed E-state index contributed by atoms with van der Waals surface area (Å²) in [7, 11) is 0. The minimum atomic E-state index is 1.05. The number of rotatable bonds is 1. The molecule has 0 N–H and O–H groups in total. The van der Waals surface area contributed by atoms with E-state index in [4.69, 9.17) is 0 Å². The van der Waals surface area contributed by atoms with Crippen molar-refractivity contribution in [3.8, 4) is 11.8 Å². The summed E-state index contributed by atoms with van der Waals surface area (Å²) in [6, 6.07) is 16.5. The van der Waals surface area contributed by atoms with Crippen molar-refractivity contribution in [3.05, 3.63) is 76.9 Å². The van der Waals surface area contributed by atoms with Crippen molar-refractivity contribution in [2.75, 3.05) is 0 Å². The number of hydrogen-bond donors (Lipinski definition) is 0. The van der Waals surface area contributed by atoms with Crippen LogP contribution >= 0.6 is 0 Å². The topological polar surface area (TPSA) is 0 Å². The van der Waals surface area contributed by atoms with Crippen molar-refractivity contribution < 1.29 is 0 Å². The van der Waals surface area contributed by atoms with Crippen molar-refractivity contribution in [2.45, 2.75) is 13.8 Å². The summed E-state index contributed by atoms with van der Waals surface area (Å²) in [4.78, 5) is 0. The van der Waals surface area contributed by atoms with E-state index in [0.717, 1.165) is 11.1 Å². The Hall–Kier alpha value is -2.26. The summed E-state index contributed by atoms with van der Waals surface area (Å²) in [6.45, 7) is 4.10. The van der Waals surface area contributed by atoms with E-state index in [1.54, 1.807) is 0 Å². The summed E-state index contributed by atoms with van der Waals surface area (Å²) in [6.07, 6.45) is 4.12. The second-order valence-corrected chi connectivity index (χ2v) is 4.24. The lowest BCUT2D eigenvalue weighted by Crippen LogP contribution is -1.78. The van der Waals surface area contributed by atoms with E-state index >= 15 is 0 Å². The fourth-order valence-electron chi connectivity index (χ4n) is 1.65. The third-order valence-corrected chi connectivity index (χ3v) is 2.67. The van der Waals surface area contributed by atoms with Gasteiger partial charge in [-0.25, -0.2) is 0 Å². The first kappa shape index (κ1) is 12.2. The molecule has 0 aliphatic rings. The van der Waals surface area contributed by atoms with Crippen molar-refractivity contribution in [1.29, 1.82) is 0 Å². The van der Waals surface area contributed by atoms with Gasteiger partial charge in [-0.15, -0.1) is 0 Å². The van der Waals surface area contributed by atoms with E-state index < -0.39 is 0 Å². The van der Waals surface area contributed by atoms with Crippen LogP contribution in [0.15, 0.2) is 54.6 Å². The van der Waals surface area contributed by atoms with Gasteiger partial charge in [-0.05, 0) is 43.7 Å². The molecule has 0 nitrogen and oxygen atoms in total. The molecule has 88 valence electrons. The van der Waals surface area contributed by atoms with Gasteiger partial charge in [0.2, 0.25) is 0 Å². The average Bonchev–Trinajstić information content (AvgIpc) is 2.40. The summed E-state index contributed by atoms with van der Waals surface area (Å²) < 4.78 is 0. The Bertz CT molecular complexity index is 587. The van der Waals surface area contributed by atoms with Gasteiger partial charge >= 0.3 is 0 Å². The van der Waals surface area contributed by atoms with Crippen LogP contribution < -0.4 is 0 Å². The van der Waals surface area contributed by atoms with Crippen molar-refractivity contribution in [1.82, 2.24) is 0 Å². The molecule has 0 saturated heterocycles. The first-order valence-electron chi connectivity index (χ1n) is 6.09. The second kappa shape index (κ2) is 5.89. The molecule has 0 heteroatoms. The van der Waals surface area contributed by atoms with E-state index in [0.29, 0.717) is 0 Å². The summed E-state index contributed by atoms with van der Waals surface area (Å²) in [5.41, 5.74) is 4.57. The lowest BCUT2D eigenvalue weighted by atomic mass is 10.1. The normalized spacial score (nSPS) is 10.1. The van der Waals surface area contributed by atoms with Gasteiger partial charge in [-0.3, -0.25) is 0 Å². The number of benzene rings is 2. The van der Waals surface area contributed by atoms with E-state index in [-0.39, 0.29) is 0 Å². The Morgan fingerprint density at radius 2 is 1.28 bits per heavy atom. The molecule has 2 aromatic rings. The zero-order valence-electron chi connectivity index (χ0n) is 10.8. The predicted molar refractivity (Wildman–Crippen MR) is 78.3 cm³/mol. The Kier molecular flexibility index (Phi) is 3.99. The first-order chi connectivity index (χ1) is 8.78. The van der Waals surface area contributed by atoms with Gasteiger partial charge in [-0.1, -0.05) is 53.8 Å². The highest BCUT2D eigenvalue weighted by atomic mass is 13.9. The fraction of sp³-hybridized carbons (Fsp3) is 0.111. The minimum absolute atomic E-state index is 1.05. The molecule has 0 aromatic heterocycles. The molecule has 0 aliphatic heterocycles. The van der Waals surface area contributed by atoms with Crippen molar-refractivity contribution in [2.24, 2.45) is 0 Å². The summed E-state index contributed by atoms with van der Waals surface area (Å²) in [5.74, 6) is 6.35. The maximum atomic E-state index is 3.18. The van der Waals surface area contributed by atoms with E-state index in [9.17, 15) is 0 Å². The molecule has 0 unspecified atom stereocenters. The molecular weight excluding hydrogens is 216 g/mol. The third kappa shape index (κ3) is 3.37. The average molecular weight is 232 g/mol. The summed E-state index contributed by atoms with van der Waals surface area (Å²) in [5, 5.41) is 0. The van der Waals surface area contributed by atoms with Crippen molar-refractivity contribution in [3.63, 3.8) is 0 Å². The zero-order chi connectivity index (χ0) is 12.8. The predicted octanol–water partition coefficient (Wildman–Crippen LogP) is 4.43. The van der Waals surface area contributed by atoms with Gasteiger partial charge < -0.3 is 0 Å². The van der Waals surface area contributed by atoms with Gasteiger partial charge in [-0.2, -0.15) is 0 Å². The van der Waals surface area contributed by atoms with Crippen LogP contribution in [-0.4, -0.2) is 0 Å². The maximum absolute atomic E-state index is 3.18. The molecule has 0 heterocycles. The standard InChI is InChI=1S/C18H16/c1-3-4-16-9-11-18(12-10-16)14-13-17-7-5-15(2)6-8-17/h3-12H,1-2H3. The van der Waals surface area contributed by atoms with Crippen LogP contribution in [0, 0.1) is 18.8 Å². The van der Waals surface area contributed by atoms with Crippen LogP contribution in [0.1, 0.15) is 29.2 Å². The molecule has 18 heavy (non-hydrogen) atoms. The highest BCUT2D eigenvalue weighted by molar-refractivity contribution is 5.52. The van der Waals surface area contributed by atoms with Gasteiger partial charge in [0.05, 0.1) is 0 Å². The van der Waals surface area contributed by atoms with Gasteiger partial charge in [0.15, 0.2) is 0 Å². The van der Waals surface area contributed by atoms with Crippen LogP contribution in [0.25, 0.3) is 6.08 Å². The summed E-state index contributed by atoms with van der Waals surface area (Å²) >= 11 is 0. The molecule has 0 radical (unpaired) electrons. The molecule has 2 rings (SSSR count). The molecule has 0 saturated carbocycles. The molecular formula is C18H16. The molecule has 0 amide bonds. The lowest BCUT2D eigenvalue weighted by Gasteiger charge is -1.94. The quantitative estimate of drug-likeness (QED) is 0.638. The Morgan fingerprint density at radius 3 is 1.78 bits per heavy atom. The van der Waals surface area contributed by atoms with E-state index in [1.807, 2.05) is 13.0 Å². The van der Waals surface area contributed by atoms with Crippen LogP contribution in [-0.2, 0) is 0 Å². The minimum Gasteiger partial charge on any atom is -0.0871 e. The van der Waals surface area contributed by atoms with Gasteiger partial charge in [0, 0.05) is 11.1 Å². The maximum Gasteiger partial charge on any atom is 0.0249 e. The molecule has 0 bridgehead atoms. The van der Waals surface area contributed by atoms with Crippen LogP contribution in [0.4, 0.5) is 0 Å². The zero-order valence-corrected chi connectivity index (χ0v) is 10.8. The lowest BCUT2D eigenvalue weighted by molar-refractivity contribution is 1.46. The van der Waals surface area contributed by atoms with Gasteiger partial charge in [0.1, 0.15) is 0 Å². The molecule has 2 aromatic carbocycles. The van der Waals surface area contributed by atoms with Crippen molar-refractivity contribution >= 4 is 6.08 Å². The third-order valence-electron chi connectivity index (χ3n) is 2.67. The number of hydrogen-bond acceptors (Lipinski definition) is 0. The number of aryl methyl sites for hydroxylation is 1. The molecule has 0 fully saturated rings. The fourth-order valence-corrected chi connectivity index (χ4v) is 1.65. The monoisotopic (exact) mass is 232 g/mol. The van der Waals surface area contributed by atoms with E-state index in [2.05, 4.69) is 73.4 Å². The Balaban J connectivity index is 2.16. The SMILES string of the molecule is CC=Cc1ccc(C#Cc2ccc(C)cc2)cc1. The van der Waals surface area contributed by atoms with Gasteiger partial charge in [0.25, 0.3) is 0 Å². The van der Waals surface area contributed by atoms with Crippen LogP contribution in [0.2, 0.25) is 0 Å². The molecule has 0 atom stereocenters. The van der Waals surface area contributed by atoms with Crippen LogP contribution in [0.3, 0.4) is 0 Å². The largest absolute Gasteiger partial charge is 0.0871 e. The van der Waals surface area contributed by atoms with Crippen LogP contribution in [0.5, 0.6) is 0 Å². The highest BCUT2D eigenvalue weighted by Crippen LogP contribution is 2.06. The Morgan fingerprint density at radius 1 is 0.778 bits per heavy atom. The van der Waals surface area contributed by atoms with E-state index in [1.165, 1.54) is 11.1 Å². The second-order valence-electron chi connectivity index (χ2n) is 4.24. The Labute approximate surface area is 109 Å².